The Balaban J connectivity index is 1.33. The monoisotopic (exact) mass is 466 g/mol. The van der Waals surface area contributed by atoms with Crippen molar-refractivity contribution in [1.82, 2.24) is 5.32 Å². The van der Waals surface area contributed by atoms with E-state index in [1.54, 1.807) is 7.11 Å². The Morgan fingerprint density at radius 3 is 1.97 bits per heavy atom. The highest BCUT2D eigenvalue weighted by Gasteiger charge is 2.34. The molecule has 2 N–H and O–H groups in total. The van der Waals surface area contributed by atoms with E-state index in [1.807, 2.05) is 36.4 Å². The van der Waals surface area contributed by atoms with E-state index in [-0.39, 0.29) is 0 Å². The minimum atomic E-state index is -0.960. The molecule has 1 aliphatic rings. The van der Waals surface area contributed by atoms with Crippen molar-refractivity contribution in [3.05, 3.63) is 84.9 Å². The average Bonchev–Trinajstić information content (AvgIpc) is 3.27. The molecule has 1 heterocycles. The normalized spacial score (nSPS) is 13.8. The number of ether oxygens (including phenoxy) is 1. The van der Waals surface area contributed by atoms with E-state index in [9.17, 15) is 0 Å². The van der Waals surface area contributed by atoms with Crippen LogP contribution in [0.1, 0.15) is 0 Å². The van der Waals surface area contributed by atoms with Gasteiger partial charge in [0.25, 0.3) is 0 Å². The Bertz CT molecular complexity index is 944. The molecule has 1 saturated heterocycles. The SMILES string of the molecule is COc1ccc(NC(=S)NCCOP2N(c3ccccc3)CCN2c2ccccc2)cc1. The Hall–Kier alpha value is -2.86. The zero-order valence-electron chi connectivity index (χ0n) is 18.0. The molecule has 0 radical (unpaired) electrons. The van der Waals surface area contributed by atoms with Gasteiger partial charge in [-0.05, 0) is 60.7 Å². The summed E-state index contributed by atoms with van der Waals surface area (Å²) in [6, 6.07) is 28.6. The summed E-state index contributed by atoms with van der Waals surface area (Å²) < 4.78 is 16.3. The highest BCUT2D eigenvalue weighted by atomic mass is 32.1. The van der Waals surface area contributed by atoms with Gasteiger partial charge >= 0.3 is 0 Å². The molecule has 1 fully saturated rings. The van der Waals surface area contributed by atoms with E-state index >= 15 is 0 Å². The van der Waals surface area contributed by atoms with E-state index < -0.39 is 8.45 Å². The molecule has 8 heteroatoms. The van der Waals surface area contributed by atoms with Crippen molar-refractivity contribution in [2.75, 3.05) is 48.0 Å². The number of benzene rings is 3. The zero-order valence-corrected chi connectivity index (χ0v) is 19.7. The van der Waals surface area contributed by atoms with Crippen LogP contribution in [0.5, 0.6) is 5.75 Å². The van der Waals surface area contributed by atoms with Gasteiger partial charge in [0.15, 0.2) is 5.11 Å². The first-order valence-electron chi connectivity index (χ1n) is 10.5. The van der Waals surface area contributed by atoms with E-state index in [1.165, 1.54) is 11.4 Å². The van der Waals surface area contributed by atoms with Gasteiger partial charge in [-0.3, -0.25) is 0 Å². The lowest BCUT2D eigenvalue weighted by molar-refractivity contribution is 0.357. The molecule has 0 aliphatic carbocycles. The van der Waals surface area contributed by atoms with Crippen LogP contribution in [0.2, 0.25) is 0 Å². The molecule has 3 aromatic rings. The fraction of sp³-hybridized carbons (Fsp3) is 0.208. The fourth-order valence-corrected chi connectivity index (χ4v) is 5.62. The summed E-state index contributed by atoms with van der Waals surface area (Å²) in [7, 11) is 0.691. The number of nitrogens with zero attached hydrogens (tertiary/aromatic N) is 2. The molecule has 1 aliphatic heterocycles. The maximum absolute atomic E-state index is 6.42. The Morgan fingerprint density at radius 1 is 0.875 bits per heavy atom. The van der Waals surface area contributed by atoms with Gasteiger partial charge in [0.2, 0.25) is 8.45 Å². The summed E-state index contributed by atoms with van der Waals surface area (Å²) in [5.74, 6) is 0.813. The molecule has 0 spiro atoms. The van der Waals surface area contributed by atoms with Crippen molar-refractivity contribution in [2.24, 2.45) is 0 Å². The summed E-state index contributed by atoms with van der Waals surface area (Å²) in [6.07, 6.45) is 0. The number of para-hydroxylation sites is 2. The maximum Gasteiger partial charge on any atom is 0.248 e. The Labute approximate surface area is 196 Å². The van der Waals surface area contributed by atoms with E-state index in [0.29, 0.717) is 18.3 Å². The topological polar surface area (TPSA) is 49.0 Å². The number of hydrogen-bond donors (Lipinski definition) is 2. The minimum absolute atomic E-state index is 0.544. The van der Waals surface area contributed by atoms with E-state index in [2.05, 4.69) is 68.5 Å². The molecule has 0 aromatic heterocycles. The van der Waals surface area contributed by atoms with Crippen LogP contribution in [-0.2, 0) is 4.52 Å². The second-order valence-electron chi connectivity index (χ2n) is 7.11. The van der Waals surface area contributed by atoms with E-state index in [4.69, 9.17) is 21.5 Å². The average molecular weight is 467 g/mol. The number of rotatable bonds is 8. The number of anilines is 3. The second kappa shape index (κ2) is 11.1. The number of methoxy groups -OCH3 is 1. The smallest absolute Gasteiger partial charge is 0.248 e. The quantitative estimate of drug-likeness (QED) is 0.267. The third-order valence-electron chi connectivity index (χ3n) is 4.99. The highest BCUT2D eigenvalue weighted by Crippen LogP contribution is 2.53. The third kappa shape index (κ3) is 5.68. The van der Waals surface area contributed by atoms with Crippen LogP contribution in [-0.4, -0.2) is 38.5 Å². The minimum Gasteiger partial charge on any atom is -0.497 e. The molecular weight excluding hydrogens is 439 g/mol. The summed E-state index contributed by atoms with van der Waals surface area (Å²) in [6.45, 7) is 3.01. The van der Waals surface area contributed by atoms with Gasteiger partial charge in [-0.1, -0.05) is 36.4 Å². The standard InChI is InChI=1S/C24H27N4O2PS/c1-29-23-14-12-20(13-15-23)26-24(32)25-16-19-30-31-27(21-8-4-2-5-9-21)17-18-28(31)22-10-6-3-7-11-22/h2-15H,16-19H2,1H3,(H2,25,26,32). The predicted molar refractivity (Wildman–Crippen MR) is 138 cm³/mol. The number of hydrogen-bond acceptors (Lipinski definition) is 5. The third-order valence-corrected chi connectivity index (χ3v) is 7.34. The van der Waals surface area contributed by atoms with Crippen LogP contribution in [0.3, 0.4) is 0 Å². The van der Waals surface area contributed by atoms with Crippen molar-refractivity contribution in [1.29, 1.82) is 0 Å². The molecule has 0 amide bonds. The van der Waals surface area contributed by atoms with Crippen molar-refractivity contribution < 1.29 is 9.26 Å². The van der Waals surface area contributed by atoms with Gasteiger partial charge in [-0.25, -0.2) is 0 Å². The first kappa shape index (κ1) is 22.3. The number of nitrogens with one attached hydrogen (secondary N) is 2. The Kier molecular flexibility index (Phi) is 7.77. The first-order valence-corrected chi connectivity index (χ1v) is 12.1. The van der Waals surface area contributed by atoms with Crippen LogP contribution in [0, 0.1) is 0 Å². The van der Waals surface area contributed by atoms with Gasteiger partial charge in [0.1, 0.15) is 5.75 Å². The second-order valence-corrected chi connectivity index (χ2v) is 9.25. The molecule has 3 aromatic carbocycles. The van der Waals surface area contributed by atoms with Gasteiger partial charge in [0, 0.05) is 36.7 Å². The Morgan fingerprint density at radius 2 is 1.44 bits per heavy atom. The van der Waals surface area contributed by atoms with Crippen LogP contribution in [0.15, 0.2) is 84.9 Å². The molecule has 0 bridgehead atoms. The fourth-order valence-electron chi connectivity index (χ4n) is 3.43. The molecule has 4 rings (SSSR count). The zero-order chi connectivity index (χ0) is 22.2. The largest absolute Gasteiger partial charge is 0.497 e. The van der Waals surface area contributed by atoms with Crippen LogP contribution < -0.4 is 24.7 Å². The maximum atomic E-state index is 6.42. The van der Waals surface area contributed by atoms with Crippen LogP contribution in [0.4, 0.5) is 17.1 Å². The highest BCUT2D eigenvalue weighted by molar-refractivity contribution is 7.80. The van der Waals surface area contributed by atoms with Gasteiger partial charge < -0.3 is 29.2 Å². The molecule has 0 saturated carbocycles. The van der Waals surface area contributed by atoms with E-state index in [0.717, 1.165) is 24.5 Å². The van der Waals surface area contributed by atoms with Gasteiger partial charge in [-0.15, -0.1) is 0 Å². The van der Waals surface area contributed by atoms with Gasteiger partial charge in [-0.2, -0.15) is 0 Å². The molecule has 6 nitrogen and oxygen atoms in total. The van der Waals surface area contributed by atoms with Crippen molar-refractivity contribution in [3.8, 4) is 5.75 Å². The molecule has 166 valence electrons. The lowest BCUT2D eigenvalue weighted by atomic mass is 10.3. The van der Waals surface area contributed by atoms with Crippen LogP contribution in [0.25, 0.3) is 0 Å². The summed E-state index contributed by atoms with van der Waals surface area (Å²) in [4.78, 5) is 0. The lowest BCUT2D eigenvalue weighted by Gasteiger charge is -2.30. The van der Waals surface area contributed by atoms with Crippen LogP contribution >= 0.6 is 20.7 Å². The molecule has 0 unspecified atom stereocenters. The first-order chi connectivity index (χ1) is 15.7. The van der Waals surface area contributed by atoms with Crippen molar-refractivity contribution in [3.63, 3.8) is 0 Å². The van der Waals surface area contributed by atoms with Crippen molar-refractivity contribution >= 4 is 42.8 Å². The van der Waals surface area contributed by atoms with Crippen molar-refractivity contribution in [2.45, 2.75) is 0 Å². The summed E-state index contributed by atoms with van der Waals surface area (Å²) >= 11 is 5.42. The van der Waals surface area contributed by atoms with Gasteiger partial charge in [0.05, 0.1) is 13.7 Å². The number of thiocarbonyl (C=S) groups is 1. The molecular formula is C24H27N4O2PS. The molecule has 0 atom stereocenters. The lowest BCUT2D eigenvalue weighted by Crippen LogP contribution is -2.31. The predicted octanol–water partition coefficient (Wildman–Crippen LogP) is 5.25. The summed E-state index contributed by atoms with van der Waals surface area (Å²) in [5.41, 5.74) is 3.28. The summed E-state index contributed by atoms with van der Waals surface area (Å²) in [5, 5.41) is 6.98. The molecule has 32 heavy (non-hydrogen) atoms.